The molecule has 0 unspecified atom stereocenters. The van der Waals surface area contributed by atoms with Crippen molar-refractivity contribution in [3.05, 3.63) is 70.7 Å². The summed E-state index contributed by atoms with van der Waals surface area (Å²) in [6, 6.07) is 7.45. The Morgan fingerprint density at radius 2 is 1.92 bits per heavy atom. The largest absolute Gasteiger partial charge is 0.389 e. The number of aliphatic imine (C=N–C) groups is 1. The number of rotatable bonds is 6. The molecule has 2 aliphatic heterocycles. The molecule has 2 N–H and O–H groups in total. The van der Waals surface area contributed by atoms with Crippen LogP contribution in [0.3, 0.4) is 0 Å². The molecule has 0 fully saturated rings. The van der Waals surface area contributed by atoms with E-state index in [4.69, 9.17) is 22.9 Å². The van der Waals surface area contributed by atoms with E-state index in [2.05, 4.69) is 18.8 Å². The van der Waals surface area contributed by atoms with Gasteiger partial charge in [0.1, 0.15) is 34.1 Å². The van der Waals surface area contributed by atoms with Gasteiger partial charge in [0.05, 0.1) is 19.1 Å². The Hall–Kier alpha value is -3.73. The Morgan fingerprint density at radius 3 is 2.57 bits per heavy atom. The van der Waals surface area contributed by atoms with Crippen LogP contribution in [0.5, 0.6) is 0 Å². The number of nitrogens with zero attached hydrogens (tertiary/aromatic N) is 5. The van der Waals surface area contributed by atoms with Crippen molar-refractivity contribution in [1.82, 2.24) is 14.5 Å². The van der Waals surface area contributed by atoms with Gasteiger partial charge >= 0.3 is 0 Å². The highest BCUT2D eigenvalue weighted by Crippen LogP contribution is 2.38. The first-order valence-corrected chi connectivity index (χ1v) is 12.3. The lowest BCUT2D eigenvalue weighted by Gasteiger charge is -2.33. The summed E-state index contributed by atoms with van der Waals surface area (Å²) in [7, 11) is 0. The van der Waals surface area contributed by atoms with Crippen LogP contribution in [-0.4, -0.2) is 50.4 Å². The minimum absolute atomic E-state index is 0.0257. The van der Waals surface area contributed by atoms with Gasteiger partial charge in [-0.1, -0.05) is 32.1 Å². The average Bonchev–Trinajstić information content (AvgIpc) is 3.44. The Kier molecular flexibility index (Phi) is 6.26. The molecular weight excluding hydrogens is 501 g/mol. The summed E-state index contributed by atoms with van der Waals surface area (Å²) in [5.41, 5.74) is 6.55. The van der Waals surface area contributed by atoms with E-state index in [0.717, 1.165) is 6.07 Å². The summed E-state index contributed by atoms with van der Waals surface area (Å²) in [6.07, 6.45) is 0. The lowest BCUT2D eigenvalue weighted by Crippen LogP contribution is -2.50. The van der Waals surface area contributed by atoms with E-state index in [1.165, 1.54) is 30.3 Å². The van der Waals surface area contributed by atoms with Crippen LogP contribution in [0.2, 0.25) is 0 Å². The van der Waals surface area contributed by atoms with Crippen LogP contribution in [-0.2, 0) is 6.54 Å². The number of carbonyl (C=O) groups excluding carboxylic acids is 1. The first-order valence-electron chi connectivity index (χ1n) is 11.9. The smallest absolute Gasteiger partial charge is 0.283 e. The van der Waals surface area contributed by atoms with Crippen LogP contribution in [0.25, 0.3) is 11.4 Å². The van der Waals surface area contributed by atoms with Gasteiger partial charge in [-0.15, -0.1) is 0 Å². The van der Waals surface area contributed by atoms with Gasteiger partial charge in [-0.05, 0) is 37.1 Å². The summed E-state index contributed by atoms with van der Waals surface area (Å²) in [6.45, 7) is 6.79. The molecule has 1 aromatic heterocycles. The second-order valence-electron chi connectivity index (χ2n) is 9.39. The molecule has 0 bridgehead atoms. The van der Waals surface area contributed by atoms with Crippen molar-refractivity contribution >= 4 is 34.9 Å². The molecule has 2 aromatic carbocycles. The molecule has 192 valence electrons. The molecular formula is C26H25F3N6OS. The molecule has 0 spiro atoms. The van der Waals surface area contributed by atoms with Gasteiger partial charge in [0.2, 0.25) is 5.96 Å². The van der Waals surface area contributed by atoms with Crippen LogP contribution in [0.1, 0.15) is 42.4 Å². The number of benzene rings is 2. The number of amides is 1. The number of thiocarbonyl (C=S) groups is 1. The normalized spacial score (nSPS) is 16.8. The number of anilines is 1. The van der Waals surface area contributed by atoms with E-state index < -0.39 is 17.5 Å². The van der Waals surface area contributed by atoms with E-state index in [0.29, 0.717) is 36.3 Å². The highest BCUT2D eigenvalue weighted by molar-refractivity contribution is 7.80. The third kappa shape index (κ3) is 4.16. The number of hydrogen-bond acceptors (Lipinski definition) is 5. The van der Waals surface area contributed by atoms with Gasteiger partial charge in [-0.25, -0.2) is 23.1 Å². The third-order valence-corrected chi connectivity index (χ3v) is 6.92. The quantitative estimate of drug-likeness (QED) is 0.484. The molecule has 2 aliphatic rings. The number of nitrogens with two attached hydrogens (primary N) is 1. The molecule has 11 heteroatoms. The summed E-state index contributed by atoms with van der Waals surface area (Å²) >= 11 is 5.00. The van der Waals surface area contributed by atoms with Crippen LogP contribution in [0, 0.1) is 23.4 Å². The topological polar surface area (TPSA) is 79.8 Å². The van der Waals surface area contributed by atoms with Crippen LogP contribution >= 0.6 is 12.2 Å². The third-order valence-electron chi connectivity index (χ3n) is 6.70. The molecule has 37 heavy (non-hydrogen) atoms. The molecule has 3 heterocycles. The standard InChI is InChI=1S/C26H25F3N6OS/c1-4-33-25(36)21-24(35-12-20(13(2)3)31-26(33)35)34(11-15-5-7-16(27)10-19(15)29)23(32-21)14-6-8-18(28)17(9-14)22(30)37/h5-10,13,20H,4,11-12H2,1-3H3,(H2,30,37)/t20-/m0/s1. The van der Waals surface area contributed by atoms with Crippen molar-refractivity contribution in [2.75, 3.05) is 18.0 Å². The van der Waals surface area contributed by atoms with E-state index >= 15 is 0 Å². The number of aromatic nitrogens is 2. The minimum atomic E-state index is -0.732. The van der Waals surface area contributed by atoms with E-state index in [-0.39, 0.29) is 46.2 Å². The SMILES string of the molecule is CCN1C(=O)c2nc(-c3ccc(F)c(C(N)=S)c3)n(Cc3ccc(F)cc3F)c2N2C[C@@H](C(C)C)N=C12. The zero-order valence-corrected chi connectivity index (χ0v) is 21.3. The second-order valence-corrected chi connectivity index (χ2v) is 9.83. The van der Waals surface area contributed by atoms with Gasteiger partial charge < -0.3 is 10.3 Å². The van der Waals surface area contributed by atoms with Crippen molar-refractivity contribution in [3.8, 4) is 11.4 Å². The van der Waals surface area contributed by atoms with E-state index in [1.54, 1.807) is 9.47 Å². The predicted molar refractivity (Wildman–Crippen MR) is 139 cm³/mol. The van der Waals surface area contributed by atoms with Crippen molar-refractivity contribution in [3.63, 3.8) is 0 Å². The fourth-order valence-electron chi connectivity index (χ4n) is 4.69. The predicted octanol–water partition coefficient (Wildman–Crippen LogP) is 4.33. The van der Waals surface area contributed by atoms with E-state index in [9.17, 15) is 18.0 Å². The highest BCUT2D eigenvalue weighted by Gasteiger charge is 2.44. The summed E-state index contributed by atoms with van der Waals surface area (Å²) in [4.78, 5) is 26.4. The maximum Gasteiger partial charge on any atom is 0.283 e. The Balaban J connectivity index is 1.75. The van der Waals surface area contributed by atoms with Gasteiger partial charge in [-0.2, -0.15) is 0 Å². The maximum absolute atomic E-state index is 14.8. The fraction of sp³-hybridized carbons (Fsp3) is 0.308. The van der Waals surface area contributed by atoms with E-state index in [1.807, 2.05) is 11.8 Å². The highest BCUT2D eigenvalue weighted by atomic mass is 32.1. The molecule has 0 radical (unpaired) electrons. The molecule has 3 aromatic rings. The van der Waals surface area contributed by atoms with Crippen molar-refractivity contribution < 1.29 is 18.0 Å². The monoisotopic (exact) mass is 526 g/mol. The Labute approximate surface area is 217 Å². The first-order chi connectivity index (χ1) is 17.6. The molecule has 7 nitrogen and oxygen atoms in total. The molecule has 0 saturated carbocycles. The van der Waals surface area contributed by atoms with Gasteiger partial charge in [-0.3, -0.25) is 14.6 Å². The van der Waals surface area contributed by atoms with Crippen LogP contribution < -0.4 is 10.6 Å². The zero-order valence-electron chi connectivity index (χ0n) is 20.5. The van der Waals surface area contributed by atoms with Crippen molar-refractivity contribution in [2.24, 2.45) is 16.6 Å². The lowest BCUT2D eigenvalue weighted by molar-refractivity contribution is 0.0841. The second kappa shape index (κ2) is 9.29. The number of hydrogen-bond donors (Lipinski definition) is 1. The maximum atomic E-state index is 14.8. The van der Waals surface area contributed by atoms with Gasteiger partial charge in [0.15, 0.2) is 5.69 Å². The average molecular weight is 527 g/mol. The zero-order chi connectivity index (χ0) is 26.6. The van der Waals surface area contributed by atoms with Gasteiger partial charge in [0, 0.05) is 29.3 Å². The van der Waals surface area contributed by atoms with Crippen LogP contribution in [0.15, 0.2) is 41.4 Å². The molecule has 0 aliphatic carbocycles. The number of guanidine groups is 1. The number of imidazole rings is 1. The molecule has 1 atom stereocenters. The summed E-state index contributed by atoms with van der Waals surface area (Å²) in [5.74, 6) is -0.889. The molecule has 1 amide bonds. The molecule has 5 rings (SSSR count). The molecule has 0 saturated heterocycles. The number of carbonyl (C=O) groups is 1. The fourth-order valence-corrected chi connectivity index (χ4v) is 4.85. The van der Waals surface area contributed by atoms with Crippen molar-refractivity contribution in [2.45, 2.75) is 33.4 Å². The Bertz CT molecular complexity index is 1470. The van der Waals surface area contributed by atoms with Gasteiger partial charge in [0.25, 0.3) is 5.91 Å². The lowest BCUT2D eigenvalue weighted by atomic mass is 10.1. The number of halogens is 3. The first kappa shape index (κ1) is 24.9. The number of fused-ring (bicyclic) bond motifs is 3. The summed E-state index contributed by atoms with van der Waals surface area (Å²) < 4.78 is 44.5. The van der Waals surface area contributed by atoms with Crippen LogP contribution in [0.4, 0.5) is 19.0 Å². The Morgan fingerprint density at radius 1 is 1.16 bits per heavy atom. The summed E-state index contributed by atoms with van der Waals surface area (Å²) in [5, 5.41) is 0. The minimum Gasteiger partial charge on any atom is -0.389 e. The van der Waals surface area contributed by atoms with Crippen molar-refractivity contribution in [1.29, 1.82) is 0 Å².